The first-order valence-corrected chi connectivity index (χ1v) is 7.67. The number of carboxylic acids is 1. The molecule has 0 heterocycles. The maximum Gasteiger partial charge on any atom is 0.307 e. The zero-order valence-corrected chi connectivity index (χ0v) is 12.3. The Kier molecular flexibility index (Phi) is 4.84. The molecule has 5 atom stereocenters. The number of nitrogens with one attached hydrogen (secondary N) is 1. The molecule has 0 radical (unpaired) electrons. The molecule has 1 fully saturated rings. The van der Waals surface area contributed by atoms with Crippen molar-refractivity contribution in [2.45, 2.75) is 52.0 Å². The molecular formula is C16H25NO3. The van der Waals surface area contributed by atoms with Crippen LogP contribution in [-0.2, 0) is 9.59 Å². The van der Waals surface area contributed by atoms with Crippen LogP contribution in [-0.4, -0.2) is 23.0 Å². The molecule has 0 aromatic rings. The van der Waals surface area contributed by atoms with Gasteiger partial charge in [0.25, 0.3) is 0 Å². The Morgan fingerprint density at radius 1 is 1.05 bits per heavy atom. The molecule has 0 saturated heterocycles. The van der Waals surface area contributed by atoms with Crippen LogP contribution in [0.3, 0.4) is 0 Å². The maximum absolute atomic E-state index is 12.4. The molecule has 0 aromatic carbocycles. The van der Waals surface area contributed by atoms with Crippen molar-refractivity contribution in [1.29, 1.82) is 0 Å². The second-order valence-electron chi connectivity index (χ2n) is 6.47. The lowest BCUT2D eigenvalue weighted by Crippen LogP contribution is -2.45. The molecular weight excluding hydrogens is 254 g/mol. The Labute approximate surface area is 120 Å². The van der Waals surface area contributed by atoms with Crippen LogP contribution in [0.5, 0.6) is 0 Å². The van der Waals surface area contributed by atoms with E-state index in [4.69, 9.17) is 0 Å². The molecule has 20 heavy (non-hydrogen) atoms. The van der Waals surface area contributed by atoms with Gasteiger partial charge in [0, 0.05) is 6.04 Å². The quantitative estimate of drug-likeness (QED) is 0.780. The van der Waals surface area contributed by atoms with E-state index in [1.54, 1.807) is 0 Å². The van der Waals surface area contributed by atoms with Crippen molar-refractivity contribution in [2.75, 3.05) is 0 Å². The van der Waals surface area contributed by atoms with Gasteiger partial charge in [-0.2, -0.15) is 0 Å². The normalized spacial score (nSPS) is 37.4. The zero-order valence-electron chi connectivity index (χ0n) is 12.3. The Hall–Kier alpha value is -1.32. The van der Waals surface area contributed by atoms with E-state index in [9.17, 15) is 14.7 Å². The van der Waals surface area contributed by atoms with Gasteiger partial charge >= 0.3 is 5.97 Å². The largest absolute Gasteiger partial charge is 0.481 e. The maximum atomic E-state index is 12.4. The van der Waals surface area contributed by atoms with Crippen LogP contribution in [0, 0.1) is 23.7 Å². The van der Waals surface area contributed by atoms with Crippen molar-refractivity contribution in [1.82, 2.24) is 5.32 Å². The molecule has 112 valence electrons. The van der Waals surface area contributed by atoms with E-state index >= 15 is 0 Å². The summed E-state index contributed by atoms with van der Waals surface area (Å²) in [5, 5.41) is 12.3. The van der Waals surface area contributed by atoms with Gasteiger partial charge in [0.1, 0.15) is 0 Å². The number of carboxylic acid groups (broad SMARTS) is 1. The molecule has 4 heteroatoms. The predicted molar refractivity (Wildman–Crippen MR) is 77.1 cm³/mol. The fraction of sp³-hybridized carbons (Fsp3) is 0.750. The van der Waals surface area contributed by atoms with E-state index in [1.807, 2.05) is 12.2 Å². The lowest BCUT2D eigenvalue weighted by Gasteiger charge is -2.34. The minimum Gasteiger partial charge on any atom is -0.481 e. The highest BCUT2D eigenvalue weighted by atomic mass is 16.4. The van der Waals surface area contributed by atoms with Crippen molar-refractivity contribution in [3.63, 3.8) is 0 Å². The van der Waals surface area contributed by atoms with Crippen LogP contribution in [0.1, 0.15) is 46.0 Å². The first-order chi connectivity index (χ1) is 9.49. The number of hydrogen-bond acceptors (Lipinski definition) is 2. The van der Waals surface area contributed by atoms with Crippen LogP contribution < -0.4 is 5.32 Å². The van der Waals surface area contributed by atoms with Gasteiger partial charge in [-0.3, -0.25) is 9.59 Å². The Balaban J connectivity index is 1.94. The highest BCUT2D eigenvalue weighted by Gasteiger charge is 2.35. The number of aliphatic carboxylic acids is 1. The number of amides is 1. The van der Waals surface area contributed by atoms with Crippen LogP contribution in [0.15, 0.2) is 12.2 Å². The van der Waals surface area contributed by atoms with E-state index in [0.29, 0.717) is 24.7 Å². The Morgan fingerprint density at radius 3 is 2.30 bits per heavy atom. The highest BCUT2D eigenvalue weighted by molar-refractivity contribution is 5.85. The molecule has 0 bridgehead atoms. The molecule has 1 saturated carbocycles. The molecule has 2 aliphatic carbocycles. The minimum absolute atomic E-state index is 0.0755. The van der Waals surface area contributed by atoms with Gasteiger partial charge in [0.2, 0.25) is 5.91 Å². The molecule has 2 aliphatic rings. The number of hydrogen-bond donors (Lipinski definition) is 2. The van der Waals surface area contributed by atoms with Crippen LogP contribution >= 0.6 is 0 Å². The number of carbonyl (C=O) groups excluding carboxylic acids is 1. The third-order valence-corrected chi connectivity index (χ3v) is 5.03. The first-order valence-electron chi connectivity index (χ1n) is 7.67. The number of rotatable bonds is 3. The molecule has 1 amide bonds. The Morgan fingerprint density at radius 2 is 1.70 bits per heavy atom. The summed E-state index contributed by atoms with van der Waals surface area (Å²) in [4.78, 5) is 23.6. The monoisotopic (exact) mass is 279 g/mol. The van der Waals surface area contributed by atoms with Gasteiger partial charge in [-0.1, -0.05) is 26.0 Å². The molecule has 2 N–H and O–H groups in total. The topological polar surface area (TPSA) is 66.4 Å². The number of carbonyl (C=O) groups is 2. The lowest BCUT2D eigenvalue weighted by atomic mass is 9.78. The fourth-order valence-corrected chi connectivity index (χ4v) is 3.36. The second-order valence-corrected chi connectivity index (χ2v) is 6.47. The number of allylic oxidation sites excluding steroid dienone is 2. The van der Waals surface area contributed by atoms with Crippen LogP contribution in [0.25, 0.3) is 0 Å². The first kappa shape index (κ1) is 15.1. The van der Waals surface area contributed by atoms with Gasteiger partial charge in [0.05, 0.1) is 11.8 Å². The molecule has 0 spiro atoms. The summed E-state index contributed by atoms with van der Waals surface area (Å²) in [6.07, 6.45) is 7.96. The minimum atomic E-state index is -0.861. The zero-order chi connectivity index (χ0) is 14.7. The van der Waals surface area contributed by atoms with E-state index in [1.165, 1.54) is 0 Å². The fourth-order valence-electron chi connectivity index (χ4n) is 3.36. The van der Waals surface area contributed by atoms with Crippen molar-refractivity contribution in [3.8, 4) is 0 Å². The van der Waals surface area contributed by atoms with Crippen LogP contribution in [0.4, 0.5) is 0 Å². The van der Waals surface area contributed by atoms with Gasteiger partial charge in [-0.15, -0.1) is 0 Å². The molecule has 5 unspecified atom stereocenters. The van der Waals surface area contributed by atoms with Gasteiger partial charge in [0.15, 0.2) is 0 Å². The van der Waals surface area contributed by atoms with Gasteiger partial charge in [-0.05, 0) is 43.9 Å². The molecule has 0 aliphatic heterocycles. The predicted octanol–water partition coefficient (Wildman–Crippen LogP) is 2.59. The van der Waals surface area contributed by atoms with Crippen molar-refractivity contribution in [2.24, 2.45) is 23.7 Å². The summed E-state index contributed by atoms with van der Waals surface area (Å²) in [7, 11) is 0. The Bertz CT molecular complexity index is 405. The van der Waals surface area contributed by atoms with E-state index in [0.717, 1.165) is 19.3 Å². The summed E-state index contributed by atoms with van der Waals surface area (Å²) >= 11 is 0. The third-order valence-electron chi connectivity index (χ3n) is 5.03. The standard InChI is InChI=1S/C16H25NO3/c1-10-7-8-12(9-11(10)2)17-15(18)13-5-3-4-6-14(13)16(19)20/h3-4,10-14H,5-9H2,1-2H3,(H,17,18)(H,19,20). The third kappa shape index (κ3) is 3.41. The summed E-state index contributed by atoms with van der Waals surface area (Å²) in [5.41, 5.74) is 0. The SMILES string of the molecule is CC1CCC(NC(=O)C2CC=CCC2C(=O)O)CC1C. The summed E-state index contributed by atoms with van der Waals surface area (Å²) in [6.45, 7) is 4.49. The van der Waals surface area contributed by atoms with Gasteiger partial charge < -0.3 is 10.4 Å². The summed E-state index contributed by atoms with van der Waals surface area (Å²) in [5.74, 6) is -0.580. The van der Waals surface area contributed by atoms with Crippen LogP contribution in [0.2, 0.25) is 0 Å². The lowest BCUT2D eigenvalue weighted by molar-refractivity contribution is -0.147. The summed E-state index contributed by atoms with van der Waals surface area (Å²) < 4.78 is 0. The van der Waals surface area contributed by atoms with E-state index < -0.39 is 17.8 Å². The van der Waals surface area contributed by atoms with E-state index in [-0.39, 0.29) is 11.9 Å². The van der Waals surface area contributed by atoms with Gasteiger partial charge in [-0.25, -0.2) is 0 Å². The average molecular weight is 279 g/mol. The molecule has 4 nitrogen and oxygen atoms in total. The highest BCUT2D eigenvalue weighted by Crippen LogP contribution is 2.31. The summed E-state index contributed by atoms with van der Waals surface area (Å²) in [6, 6.07) is 0.217. The smallest absolute Gasteiger partial charge is 0.307 e. The van der Waals surface area contributed by atoms with Crippen molar-refractivity contribution in [3.05, 3.63) is 12.2 Å². The average Bonchev–Trinajstić information content (AvgIpc) is 2.43. The van der Waals surface area contributed by atoms with Crippen molar-refractivity contribution >= 4 is 11.9 Å². The molecule has 2 rings (SSSR count). The second kappa shape index (κ2) is 6.42. The molecule has 0 aromatic heterocycles. The van der Waals surface area contributed by atoms with Crippen molar-refractivity contribution < 1.29 is 14.7 Å². The van der Waals surface area contributed by atoms with E-state index in [2.05, 4.69) is 19.2 Å².